The summed E-state index contributed by atoms with van der Waals surface area (Å²) in [6.07, 6.45) is -6.78. The Hall–Kier alpha value is -1.52. The first-order valence-electron chi connectivity index (χ1n) is 9.26. The van der Waals surface area contributed by atoms with E-state index in [0.29, 0.717) is 0 Å². The molecule has 0 radical (unpaired) electrons. The van der Waals surface area contributed by atoms with Crippen molar-refractivity contribution in [1.82, 2.24) is 0 Å². The van der Waals surface area contributed by atoms with E-state index in [0.717, 1.165) is 20.8 Å². The molecule has 12 heteroatoms. The second kappa shape index (κ2) is 11.6. The van der Waals surface area contributed by atoms with E-state index < -0.39 is 56.2 Å². The molecule has 1 fully saturated rings. The lowest BCUT2D eigenvalue weighted by Gasteiger charge is -2.43. The average molecular weight is 440 g/mol. The monoisotopic (exact) mass is 440 g/mol. The lowest BCUT2D eigenvalue weighted by Crippen LogP contribution is -2.61. The number of carbonyl (C=O) groups is 3. The topological polar surface area (TPSA) is 144 Å². The second-order valence-corrected chi connectivity index (χ2v) is 8.43. The maximum atomic E-state index is 12.7. The molecule has 0 amide bonds. The number of carbonyl (C=O) groups excluding carboxylic acids is 3. The van der Waals surface area contributed by atoms with Gasteiger partial charge in [0.15, 0.2) is 24.6 Å². The first kappa shape index (κ1) is 25.5. The zero-order valence-electron chi connectivity index (χ0n) is 17.2. The Morgan fingerprint density at radius 1 is 0.862 bits per heavy atom. The van der Waals surface area contributed by atoms with E-state index in [4.69, 9.17) is 28.0 Å². The van der Waals surface area contributed by atoms with Crippen LogP contribution in [0.5, 0.6) is 0 Å². The van der Waals surface area contributed by atoms with E-state index in [9.17, 15) is 24.1 Å². The van der Waals surface area contributed by atoms with Crippen LogP contribution in [-0.4, -0.2) is 73.1 Å². The zero-order chi connectivity index (χ0) is 22.2. The van der Waals surface area contributed by atoms with Gasteiger partial charge in [-0.3, -0.25) is 18.9 Å². The van der Waals surface area contributed by atoms with Gasteiger partial charge in [0.1, 0.15) is 6.10 Å². The van der Waals surface area contributed by atoms with E-state index in [1.807, 2.05) is 0 Å². The summed E-state index contributed by atoms with van der Waals surface area (Å²) in [6, 6.07) is 0. The fourth-order valence-corrected chi connectivity index (χ4v) is 4.64. The number of rotatable bonds is 10. The maximum absolute atomic E-state index is 12.7. The van der Waals surface area contributed by atoms with Gasteiger partial charge in [0, 0.05) is 20.8 Å². The quantitative estimate of drug-likeness (QED) is 0.297. The maximum Gasteiger partial charge on any atom is 0.330 e. The van der Waals surface area contributed by atoms with Gasteiger partial charge in [-0.15, -0.1) is 0 Å². The Morgan fingerprint density at radius 2 is 1.31 bits per heavy atom. The van der Waals surface area contributed by atoms with Gasteiger partial charge < -0.3 is 33.1 Å². The molecule has 5 atom stereocenters. The molecular weight excluding hydrogens is 411 g/mol. The second-order valence-electron chi connectivity index (χ2n) is 6.25. The van der Waals surface area contributed by atoms with Crippen molar-refractivity contribution in [3.05, 3.63) is 0 Å². The fraction of sp³-hybridized carbons (Fsp3) is 0.824. The molecule has 0 aliphatic carbocycles. The third-order valence-electron chi connectivity index (χ3n) is 3.85. The van der Waals surface area contributed by atoms with Crippen molar-refractivity contribution in [3.8, 4) is 0 Å². The van der Waals surface area contributed by atoms with Crippen molar-refractivity contribution in [1.29, 1.82) is 0 Å². The van der Waals surface area contributed by atoms with Gasteiger partial charge in [0.2, 0.25) is 0 Å². The smallest absolute Gasteiger partial charge is 0.330 e. The molecule has 0 aromatic heterocycles. The van der Waals surface area contributed by atoms with Crippen LogP contribution in [0.1, 0.15) is 41.0 Å². The van der Waals surface area contributed by atoms with Crippen LogP contribution in [0.4, 0.5) is 0 Å². The van der Waals surface area contributed by atoms with Gasteiger partial charge in [-0.25, -0.2) is 0 Å². The molecule has 1 unspecified atom stereocenters. The Labute approximate surface area is 169 Å². The predicted molar refractivity (Wildman–Crippen MR) is 97.9 cm³/mol. The lowest BCUT2D eigenvalue weighted by atomic mass is 9.96. The van der Waals surface area contributed by atoms with Gasteiger partial charge in [0.05, 0.1) is 19.4 Å². The SMILES string of the molecule is CCOP(=O)(CC[C@H]1OC(O)[C@@H](OC(C)=O)[C@@H](OC(C)=O)[C@@H]1OC(C)=O)OCC. The lowest BCUT2D eigenvalue weighted by molar-refractivity contribution is -0.291. The van der Waals surface area contributed by atoms with E-state index in [2.05, 4.69) is 0 Å². The predicted octanol–water partition coefficient (Wildman–Crippen LogP) is 1.15. The highest BCUT2D eigenvalue weighted by Crippen LogP contribution is 2.49. The molecule has 0 bridgehead atoms. The zero-order valence-corrected chi connectivity index (χ0v) is 18.1. The fourth-order valence-electron chi connectivity index (χ4n) is 2.95. The highest BCUT2D eigenvalue weighted by molar-refractivity contribution is 7.53. The summed E-state index contributed by atoms with van der Waals surface area (Å²) in [6.45, 7) is 6.99. The minimum absolute atomic E-state index is 0.0170. The summed E-state index contributed by atoms with van der Waals surface area (Å²) in [5.41, 5.74) is 0. The van der Waals surface area contributed by atoms with Crippen LogP contribution >= 0.6 is 7.60 Å². The summed E-state index contributed by atoms with van der Waals surface area (Å²) < 4.78 is 44.1. The van der Waals surface area contributed by atoms with Crippen LogP contribution < -0.4 is 0 Å². The molecule has 0 saturated carbocycles. The first-order chi connectivity index (χ1) is 13.5. The molecule has 1 heterocycles. The molecule has 1 aliphatic heterocycles. The molecule has 1 rings (SSSR count). The minimum Gasteiger partial charge on any atom is -0.456 e. The van der Waals surface area contributed by atoms with E-state index in [-0.39, 0.29) is 25.8 Å². The number of esters is 3. The summed E-state index contributed by atoms with van der Waals surface area (Å²) in [4.78, 5) is 34.6. The highest BCUT2D eigenvalue weighted by Gasteiger charge is 2.51. The van der Waals surface area contributed by atoms with Crippen LogP contribution in [0, 0.1) is 0 Å². The van der Waals surface area contributed by atoms with Crippen molar-refractivity contribution in [2.45, 2.75) is 71.7 Å². The molecule has 11 nitrogen and oxygen atoms in total. The van der Waals surface area contributed by atoms with Crippen LogP contribution in [0.3, 0.4) is 0 Å². The first-order valence-corrected chi connectivity index (χ1v) is 11.0. The minimum atomic E-state index is -3.45. The van der Waals surface area contributed by atoms with Crippen molar-refractivity contribution in [2.24, 2.45) is 0 Å². The van der Waals surface area contributed by atoms with Gasteiger partial charge in [0.25, 0.3) is 0 Å². The molecule has 1 aliphatic rings. The van der Waals surface area contributed by atoms with Crippen molar-refractivity contribution < 1.29 is 52.1 Å². The summed E-state index contributed by atoms with van der Waals surface area (Å²) in [5, 5.41) is 10.3. The van der Waals surface area contributed by atoms with E-state index in [1.165, 1.54) is 0 Å². The third kappa shape index (κ3) is 8.02. The number of hydrogen-bond acceptors (Lipinski definition) is 11. The summed E-state index contributed by atoms with van der Waals surface area (Å²) in [7, 11) is -3.45. The Kier molecular flexibility index (Phi) is 10.2. The molecule has 1 saturated heterocycles. The van der Waals surface area contributed by atoms with Crippen LogP contribution in [-0.2, 0) is 46.9 Å². The van der Waals surface area contributed by atoms with Gasteiger partial charge in [-0.1, -0.05) is 0 Å². The molecule has 29 heavy (non-hydrogen) atoms. The third-order valence-corrected chi connectivity index (χ3v) is 5.96. The number of ether oxygens (including phenoxy) is 4. The van der Waals surface area contributed by atoms with Gasteiger partial charge in [-0.2, -0.15) is 0 Å². The number of aliphatic hydroxyl groups excluding tert-OH is 1. The molecule has 168 valence electrons. The molecular formula is C17H29O11P. The molecule has 0 spiro atoms. The van der Waals surface area contributed by atoms with E-state index >= 15 is 0 Å². The van der Waals surface area contributed by atoms with Crippen molar-refractivity contribution in [2.75, 3.05) is 19.4 Å². The van der Waals surface area contributed by atoms with Gasteiger partial charge in [-0.05, 0) is 20.3 Å². The normalized spacial score (nSPS) is 27.2. The van der Waals surface area contributed by atoms with Crippen molar-refractivity contribution >= 4 is 25.5 Å². The largest absolute Gasteiger partial charge is 0.456 e. The Bertz CT molecular complexity index is 613. The highest BCUT2D eigenvalue weighted by atomic mass is 31.2. The average Bonchev–Trinajstić information content (AvgIpc) is 2.58. The molecule has 0 aromatic rings. The van der Waals surface area contributed by atoms with Crippen LogP contribution in [0.15, 0.2) is 0 Å². The number of aliphatic hydroxyl groups is 1. The summed E-state index contributed by atoms with van der Waals surface area (Å²) in [5.74, 6) is -2.21. The van der Waals surface area contributed by atoms with Crippen LogP contribution in [0.25, 0.3) is 0 Å². The van der Waals surface area contributed by atoms with Crippen LogP contribution in [0.2, 0.25) is 0 Å². The standard InChI is InChI=1S/C17H29O11P/c1-6-23-29(22,24-7-2)9-8-13-14(25-10(3)18)15(26-11(4)19)16(17(21)28-13)27-12(5)20/h13-17,21H,6-9H2,1-5H3/t13-,14-,15+,16+,17?/m1/s1. The Morgan fingerprint density at radius 3 is 1.76 bits per heavy atom. The van der Waals surface area contributed by atoms with E-state index in [1.54, 1.807) is 13.8 Å². The number of hydrogen-bond donors (Lipinski definition) is 1. The molecule has 1 N–H and O–H groups in total. The Balaban J connectivity index is 3.13. The van der Waals surface area contributed by atoms with Crippen molar-refractivity contribution in [3.63, 3.8) is 0 Å². The molecule has 0 aromatic carbocycles. The van der Waals surface area contributed by atoms with Gasteiger partial charge >= 0.3 is 25.5 Å². The summed E-state index contributed by atoms with van der Waals surface area (Å²) >= 11 is 0.